The van der Waals surface area contributed by atoms with E-state index < -0.39 is 0 Å². The molecule has 0 bridgehead atoms. The SMILES string of the molecule is C=Cc1cc(C)nnc1C=C.CC.CC.CCC. The lowest BCUT2D eigenvalue weighted by Crippen LogP contribution is -1.92. The van der Waals surface area contributed by atoms with Gasteiger partial charge in [0.05, 0.1) is 11.4 Å². The summed E-state index contributed by atoms with van der Waals surface area (Å²) in [5.41, 5.74) is 2.66. The number of rotatable bonds is 2. The number of nitrogens with zero attached hydrogens (tertiary/aromatic N) is 2. The number of hydrogen-bond donors (Lipinski definition) is 0. The van der Waals surface area contributed by atoms with Gasteiger partial charge in [0, 0.05) is 5.56 Å². The van der Waals surface area contributed by atoms with Crippen molar-refractivity contribution in [2.24, 2.45) is 0 Å². The van der Waals surface area contributed by atoms with Crippen LogP contribution in [-0.2, 0) is 0 Å². The van der Waals surface area contributed by atoms with Gasteiger partial charge < -0.3 is 0 Å². The normalized spacial score (nSPS) is 7.28. The predicted molar refractivity (Wildman–Crippen MR) is 85.6 cm³/mol. The summed E-state index contributed by atoms with van der Waals surface area (Å²) in [4.78, 5) is 0. The second-order valence-electron chi connectivity index (χ2n) is 2.94. The Morgan fingerprint density at radius 3 is 1.78 bits per heavy atom. The van der Waals surface area contributed by atoms with Crippen molar-refractivity contribution in [3.63, 3.8) is 0 Å². The molecular weight excluding hydrogens is 220 g/mol. The van der Waals surface area contributed by atoms with Crippen molar-refractivity contribution in [3.8, 4) is 0 Å². The van der Waals surface area contributed by atoms with Gasteiger partial charge in [-0.1, -0.05) is 67.2 Å². The minimum Gasteiger partial charge on any atom is -0.155 e. The smallest absolute Gasteiger partial charge is 0.0923 e. The molecular formula is C16H30N2. The van der Waals surface area contributed by atoms with Gasteiger partial charge in [-0.15, -0.1) is 0 Å². The monoisotopic (exact) mass is 250 g/mol. The van der Waals surface area contributed by atoms with Crippen molar-refractivity contribution in [2.75, 3.05) is 0 Å². The zero-order valence-corrected chi connectivity index (χ0v) is 13.2. The molecule has 0 aromatic carbocycles. The van der Waals surface area contributed by atoms with Crippen LogP contribution >= 0.6 is 0 Å². The maximum atomic E-state index is 3.93. The lowest BCUT2D eigenvalue weighted by Gasteiger charge is -1.98. The Bertz CT molecular complexity index is 304. The largest absolute Gasteiger partial charge is 0.155 e. The Kier molecular flexibility index (Phi) is 21.7. The Balaban J connectivity index is -0.000000274. The molecule has 1 aromatic rings. The second-order valence-corrected chi connectivity index (χ2v) is 2.94. The maximum Gasteiger partial charge on any atom is 0.0923 e. The molecule has 0 unspecified atom stereocenters. The van der Waals surface area contributed by atoms with E-state index in [2.05, 4.69) is 37.2 Å². The third kappa shape index (κ3) is 11.1. The van der Waals surface area contributed by atoms with E-state index >= 15 is 0 Å². The minimum absolute atomic E-state index is 0.783. The van der Waals surface area contributed by atoms with Gasteiger partial charge in [-0.3, -0.25) is 0 Å². The molecule has 2 nitrogen and oxygen atoms in total. The van der Waals surface area contributed by atoms with E-state index in [-0.39, 0.29) is 0 Å². The Labute approximate surface area is 114 Å². The van der Waals surface area contributed by atoms with Crippen LogP contribution in [0.3, 0.4) is 0 Å². The molecule has 104 valence electrons. The molecule has 0 aliphatic rings. The first-order valence-corrected chi connectivity index (χ1v) is 6.78. The Morgan fingerprint density at radius 1 is 1.00 bits per heavy atom. The number of aryl methyl sites for hydroxylation is 1. The zero-order valence-electron chi connectivity index (χ0n) is 13.2. The first kappa shape index (κ1) is 21.8. The molecule has 0 saturated heterocycles. The molecule has 0 atom stereocenters. The van der Waals surface area contributed by atoms with Crippen molar-refractivity contribution in [2.45, 2.75) is 54.9 Å². The molecule has 18 heavy (non-hydrogen) atoms. The summed E-state index contributed by atoms with van der Waals surface area (Å²) in [6.45, 7) is 21.4. The van der Waals surface area contributed by atoms with Crippen LogP contribution in [0.15, 0.2) is 19.2 Å². The van der Waals surface area contributed by atoms with Crippen molar-refractivity contribution in [3.05, 3.63) is 36.2 Å². The van der Waals surface area contributed by atoms with Crippen molar-refractivity contribution in [1.82, 2.24) is 10.2 Å². The summed E-state index contributed by atoms with van der Waals surface area (Å²) >= 11 is 0. The number of aromatic nitrogens is 2. The van der Waals surface area contributed by atoms with Gasteiger partial charge in [0.1, 0.15) is 0 Å². The Hall–Kier alpha value is -1.44. The van der Waals surface area contributed by atoms with Gasteiger partial charge in [0.15, 0.2) is 0 Å². The average molecular weight is 250 g/mol. The fourth-order valence-electron chi connectivity index (χ4n) is 0.840. The van der Waals surface area contributed by atoms with Gasteiger partial charge >= 0.3 is 0 Å². The highest BCUT2D eigenvalue weighted by Crippen LogP contribution is 2.08. The van der Waals surface area contributed by atoms with Crippen molar-refractivity contribution >= 4 is 12.2 Å². The standard InChI is InChI=1S/C9H10N2.C3H8.2C2H6/c1-4-8-6-7(3)10-11-9(8)5-2;1-3-2;2*1-2/h4-6H,1-2H2,3H3;3H2,1-2H3;2*1-2H3. The molecule has 0 radical (unpaired) electrons. The van der Waals surface area contributed by atoms with Gasteiger partial charge in [-0.25, -0.2) is 0 Å². The minimum atomic E-state index is 0.783. The van der Waals surface area contributed by atoms with E-state index in [1.165, 1.54) is 6.42 Å². The second kappa shape index (κ2) is 17.9. The lowest BCUT2D eigenvalue weighted by molar-refractivity contribution is 0.966. The van der Waals surface area contributed by atoms with Crippen molar-refractivity contribution < 1.29 is 0 Å². The van der Waals surface area contributed by atoms with Crippen molar-refractivity contribution in [1.29, 1.82) is 0 Å². The summed E-state index contributed by atoms with van der Waals surface area (Å²) < 4.78 is 0. The van der Waals surface area contributed by atoms with Crippen LogP contribution in [0.2, 0.25) is 0 Å². The zero-order chi connectivity index (χ0) is 15.0. The fraction of sp³-hybridized carbons (Fsp3) is 0.500. The summed E-state index contributed by atoms with van der Waals surface area (Å²) in [7, 11) is 0. The van der Waals surface area contributed by atoms with Crippen LogP contribution in [0.1, 0.15) is 64.9 Å². The first-order chi connectivity index (χ1) is 8.69. The molecule has 1 heterocycles. The molecule has 0 fully saturated rings. The number of hydrogen-bond acceptors (Lipinski definition) is 2. The summed E-state index contributed by atoms with van der Waals surface area (Å²) in [5.74, 6) is 0. The average Bonchev–Trinajstić information content (AvgIpc) is 2.44. The van der Waals surface area contributed by atoms with Crippen LogP contribution in [0.4, 0.5) is 0 Å². The van der Waals surface area contributed by atoms with Crippen LogP contribution in [0.25, 0.3) is 12.2 Å². The van der Waals surface area contributed by atoms with E-state index in [1.54, 1.807) is 12.2 Å². The third-order valence-electron chi connectivity index (χ3n) is 1.39. The van der Waals surface area contributed by atoms with E-state index in [9.17, 15) is 0 Å². The quantitative estimate of drug-likeness (QED) is 0.688. The summed E-state index contributed by atoms with van der Waals surface area (Å²) in [5, 5.41) is 7.82. The van der Waals surface area contributed by atoms with E-state index in [0.717, 1.165) is 17.0 Å². The molecule has 2 heteroatoms. The lowest BCUT2D eigenvalue weighted by atomic mass is 10.2. The highest BCUT2D eigenvalue weighted by molar-refractivity contribution is 5.59. The topological polar surface area (TPSA) is 25.8 Å². The molecule has 0 amide bonds. The van der Waals surface area contributed by atoms with Gasteiger partial charge in [-0.05, 0) is 19.1 Å². The van der Waals surface area contributed by atoms with E-state index in [4.69, 9.17) is 0 Å². The van der Waals surface area contributed by atoms with E-state index in [0.29, 0.717) is 0 Å². The van der Waals surface area contributed by atoms with E-state index in [1.807, 2.05) is 40.7 Å². The molecule has 1 aromatic heterocycles. The van der Waals surface area contributed by atoms with Crippen LogP contribution in [0, 0.1) is 6.92 Å². The maximum absolute atomic E-state index is 3.93. The highest BCUT2D eigenvalue weighted by atomic mass is 15.1. The highest BCUT2D eigenvalue weighted by Gasteiger charge is 1.96. The molecule has 1 rings (SSSR count). The Morgan fingerprint density at radius 2 is 1.44 bits per heavy atom. The van der Waals surface area contributed by atoms with Gasteiger partial charge in [0.2, 0.25) is 0 Å². The first-order valence-electron chi connectivity index (χ1n) is 6.78. The van der Waals surface area contributed by atoms with Gasteiger partial charge in [-0.2, -0.15) is 10.2 Å². The van der Waals surface area contributed by atoms with Crippen LogP contribution in [-0.4, -0.2) is 10.2 Å². The molecule has 0 N–H and O–H groups in total. The molecule has 0 aliphatic heterocycles. The van der Waals surface area contributed by atoms with Crippen LogP contribution < -0.4 is 0 Å². The molecule has 0 saturated carbocycles. The third-order valence-corrected chi connectivity index (χ3v) is 1.39. The van der Waals surface area contributed by atoms with Gasteiger partial charge in [0.25, 0.3) is 0 Å². The summed E-state index contributed by atoms with van der Waals surface area (Å²) in [6.07, 6.45) is 4.67. The predicted octanol–water partition coefficient (Wildman–Crippen LogP) is 5.54. The molecule has 0 aliphatic carbocycles. The summed E-state index contributed by atoms with van der Waals surface area (Å²) in [6, 6.07) is 1.93. The fourth-order valence-corrected chi connectivity index (χ4v) is 0.840. The van der Waals surface area contributed by atoms with Crippen LogP contribution in [0.5, 0.6) is 0 Å². The molecule has 0 spiro atoms.